The molecule has 0 heterocycles. The minimum atomic E-state index is 0.540. The molecule has 1 aromatic rings. The van der Waals surface area contributed by atoms with Gasteiger partial charge < -0.3 is 5.32 Å². The zero-order valence-corrected chi connectivity index (χ0v) is 11.1. The van der Waals surface area contributed by atoms with E-state index in [1.165, 1.54) is 24.8 Å². The molecule has 1 N–H and O–H groups in total. The van der Waals surface area contributed by atoms with Crippen LogP contribution < -0.4 is 5.32 Å². The van der Waals surface area contributed by atoms with Gasteiger partial charge in [-0.1, -0.05) is 43.5 Å². The fourth-order valence-corrected chi connectivity index (χ4v) is 1.90. The van der Waals surface area contributed by atoms with Gasteiger partial charge in [-0.3, -0.25) is 0 Å². The van der Waals surface area contributed by atoms with Crippen molar-refractivity contribution < 1.29 is 0 Å². The van der Waals surface area contributed by atoms with Gasteiger partial charge in [0.05, 0.1) is 0 Å². The normalized spacial score (nSPS) is 12.7. The van der Waals surface area contributed by atoms with Crippen molar-refractivity contribution in [1.29, 1.82) is 0 Å². The Labute approximate surface area is 104 Å². The molecule has 1 unspecified atom stereocenters. The molecule has 0 aliphatic rings. The molecule has 0 radical (unpaired) electrons. The number of rotatable bonds is 7. The predicted octanol–water partition coefficient (Wildman–Crippen LogP) is 4.05. The first kappa shape index (κ1) is 13.5. The maximum Gasteiger partial charge on any atom is 0.0406 e. The van der Waals surface area contributed by atoms with Crippen molar-refractivity contribution in [3.8, 4) is 0 Å². The lowest BCUT2D eigenvalue weighted by molar-refractivity contribution is 0.523. The van der Waals surface area contributed by atoms with Gasteiger partial charge >= 0.3 is 0 Å². The molecule has 0 aliphatic carbocycles. The van der Waals surface area contributed by atoms with Crippen LogP contribution in [0.4, 0.5) is 0 Å². The van der Waals surface area contributed by atoms with E-state index in [-0.39, 0.29) is 0 Å². The van der Waals surface area contributed by atoms with Crippen molar-refractivity contribution >= 4 is 11.6 Å². The van der Waals surface area contributed by atoms with Crippen molar-refractivity contribution in [2.75, 3.05) is 6.54 Å². The summed E-state index contributed by atoms with van der Waals surface area (Å²) < 4.78 is 0. The summed E-state index contributed by atoms with van der Waals surface area (Å²) in [5, 5.41) is 4.36. The Morgan fingerprint density at radius 1 is 1.19 bits per heavy atom. The Kier molecular flexibility index (Phi) is 6.51. The van der Waals surface area contributed by atoms with Crippen molar-refractivity contribution in [1.82, 2.24) is 5.32 Å². The number of benzene rings is 1. The Morgan fingerprint density at radius 2 is 1.88 bits per heavy atom. The first-order valence-electron chi connectivity index (χ1n) is 6.20. The maximum atomic E-state index is 5.85. The first-order chi connectivity index (χ1) is 7.72. The molecular formula is C14H22ClN. The van der Waals surface area contributed by atoms with Crippen molar-refractivity contribution in [2.24, 2.45) is 0 Å². The number of hydrogen-bond acceptors (Lipinski definition) is 1. The van der Waals surface area contributed by atoms with E-state index >= 15 is 0 Å². The molecule has 16 heavy (non-hydrogen) atoms. The van der Waals surface area contributed by atoms with Gasteiger partial charge in [-0.15, -0.1) is 0 Å². The Bertz CT molecular complexity index is 281. The maximum absolute atomic E-state index is 5.85. The molecular weight excluding hydrogens is 218 g/mol. The lowest BCUT2D eigenvalue weighted by Gasteiger charge is -2.13. The molecule has 0 bridgehead atoms. The molecule has 90 valence electrons. The predicted molar refractivity (Wildman–Crippen MR) is 72.1 cm³/mol. The van der Waals surface area contributed by atoms with E-state index in [1.54, 1.807) is 0 Å². The highest BCUT2D eigenvalue weighted by Crippen LogP contribution is 2.11. The van der Waals surface area contributed by atoms with Crippen LogP contribution in [0.15, 0.2) is 24.3 Å². The van der Waals surface area contributed by atoms with Crippen LogP contribution in [0.2, 0.25) is 5.02 Å². The lowest BCUT2D eigenvalue weighted by Crippen LogP contribution is -2.28. The third kappa shape index (κ3) is 5.53. The van der Waals surface area contributed by atoms with Gasteiger partial charge in [0.1, 0.15) is 0 Å². The molecule has 1 atom stereocenters. The monoisotopic (exact) mass is 239 g/mol. The molecule has 0 spiro atoms. The summed E-state index contributed by atoms with van der Waals surface area (Å²) >= 11 is 5.85. The van der Waals surface area contributed by atoms with Gasteiger partial charge in [0.2, 0.25) is 0 Å². The van der Waals surface area contributed by atoms with E-state index in [4.69, 9.17) is 11.6 Å². The van der Waals surface area contributed by atoms with E-state index in [2.05, 4.69) is 31.3 Å². The van der Waals surface area contributed by atoms with Gasteiger partial charge in [-0.25, -0.2) is 0 Å². The number of nitrogens with one attached hydrogen (secondary N) is 1. The van der Waals surface area contributed by atoms with Crippen LogP contribution >= 0.6 is 11.6 Å². The summed E-state index contributed by atoms with van der Waals surface area (Å²) in [4.78, 5) is 0. The third-order valence-corrected chi connectivity index (χ3v) is 2.98. The second-order valence-electron chi connectivity index (χ2n) is 4.39. The van der Waals surface area contributed by atoms with Crippen LogP contribution in [-0.4, -0.2) is 12.6 Å². The van der Waals surface area contributed by atoms with E-state index in [0.29, 0.717) is 6.04 Å². The lowest BCUT2D eigenvalue weighted by atomic mass is 10.1. The standard InChI is InChI=1S/C14H22ClN/c1-3-4-5-10-16-12(2)11-13-6-8-14(15)9-7-13/h6-9,12,16H,3-5,10-11H2,1-2H3. The summed E-state index contributed by atoms with van der Waals surface area (Å²) in [6.45, 7) is 5.60. The van der Waals surface area contributed by atoms with Crippen LogP contribution in [-0.2, 0) is 6.42 Å². The molecule has 0 saturated heterocycles. The number of unbranched alkanes of at least 4 members (excludes halogenated alkanes) is 2. The largest absolute Gasteiger partial charge is 0.314 e. The molecule has 2 heteroatoms. The van der Waals surface area contributed by atoms with Gasteiger partial charge in [0.15, 0.2) is 0 Å². The summed E-state index contributed by atoms with van der Waals surface area (Å²) in [5.74, 6) is 0. The third-order valence-electron chi connectivity index (χ3n) is 2.73. The molecule has 0 aliphatic heterocycles. The first-order valence-corrected chi connectivity index (χ1v) is 6.58. The molecule has 0 aromatic heterocycles. The van der Waals surface area contributed by atoms with Crippen molar-refractivity contribution in [3.05, 3.63) is 34.9 Å². The van der Waals surface area contributed by atoms with Gasteiger partial charge in [0.25, 0.3) is 0 Å². The summed E-state index contributed by atoms with van der Waals surface area (Å²) in [6.07, 6.45) is 4.96. The number of halogens is 1. The highest BCUT2D eigenvalue weighted by molar-refractivity contribution is 6.30. The fourth-order valence-electron chi connectivity index (χ4n) is 1.77. The molecule has 1 aromatic carbocycles. The minimum Gasteiger partial charge on any atom is -0.314 e. The SMILES string of the molecule is CCCCCNC(C)Cc1ccc(Cl)cc1. The topological polar surface area (TPSA) is 12.0 Å². The summed E-state index contributed by atoms with van der Waals surface area (Å²) in [5.41, 5.74) is 1.35. The van der Waals surface area contributed by atoms with Gasteiger partial charge in [-0.05, 0) is 44.0 Å². The molecule has 0 saturated carbocycles. The molecule has 1 nitrogen and oxygen atoms in total. The van der Waals surface area contributed by atoms with Crippen LogP contribution in [0, 0.1) is 0 Å². The highest BCUT2D eigenvalue weighted by Gasteiger charge is 2.02. The summed E-state index contributed by atoms with van der Waals surface area (Å²) in [6, 6.07) is 8.67. The number of hydrogen-bond donors (Lipinski definition) is 1. The Balaban J connectivity index is 2.23. The molecule has 1 rings (SSSR count). The minimum absolute atomic E-state index is 0.540. The van der Waals surface area contributed by atoms with Crippen molar-refractivity contribution in [3.63, 3.8) is 0 Å². The van der Waals surface area contributed by atoms with Gasteiger partial charge in [0, 0.05) is 11.1 Å². The van der Waals surface area contributed by atoms with Crippen LogP contribution in [0.25, 0.3) is 0 Å². The van der Waals surface area contributed by atoms with Crippen LogP contribution in [0.3, 0.4) is 0 Å². The van der Waals surface area contributed by atoms with Crippen LogP contribution in [0.5, 0.6) is 0 Å². The van der Waals surface area contributed by atoms with E-state index in [0.717, 1.165) is 18.0 Å². The fraction of sp³-hybridized carbons (Fsp3) is 0.571. The second-order valence-corrected chi connectivity index (χ2v) is 4.83. The van der Waals surface area contributed by atoms with E-state index < -0.39 is 0 Å². The zero-order valence-electron chi connectivity index (χ0n) is 10.3. The Hall–Kier alpha value is -0.530. The smallest absolute Gasteiger partial charge is 0.0406 e. The average molecular weight is 240 g/mol. The second kappa shape index (κ2) is 7.70. The zero-order chi connectivity index (χ0) is 11.8. The average Bonchev–Trinajstić information content (AvgIpc) is 2.28. The van der Waals surface area contributed by atoms with E-state index in [9.17, 15) is 0 Å². The van der Waals surface area contributed by atoms with Crippen LogP contribution in [0.1, 0.15) is 38.7 Å². The van der Waals surface area contributed by atoms with E-state index in [1.807, 2.05) is 12.1 Å². The molecule has 0 fully saturated rings. The van der Waals surface area contributed by atoms with Crippen molar-refractivity contribution in [2.45, 2.75) is 45.6 Å². The highest BCUT2D eigenvalue weighted by atomic mass is 35.5. The molecule has 0 amide bonds. The van der Waals surface area contributed by atoms with Gasteiger partial charge in [-0.2, -0.15) is 0 Å². The quantitative estimate of drug-likeness (QED) is 0.708. The Morgan fingerprint density at radius 3 is 2.50 bits per heavy atom. The summed E-state index contributed by atoms with van der Waals surface area (Å²) in [7, 11) is 0.